The van der Waals surface area contributed by atoms with Crippen molar-refractivity contribution >= 4 is 23.1 Å². The Morgan fingerprint density at radius 3 is 3.04 bits per heavy atom. The number of rotatable bonds is 4. The van der Waals surface area contributed by atoms with Gasteiger partial charge in [0, 0.05) is 24.2 Å². The summed E-state index contributed by atoms with van der Waals surface area (Å²) in [5.41, 5.74) is 11.4. The molecule has 0 saturated carbocycles. The van der Waals surface area contributed by atoms with E-state index in [0.717, 1.165) is 28.9 Å². The number of pyridine rings is 1. The zero-order valence-corrected chi connectivity index (χ0v) is 12.9. The quantitative estimate of drug-likeness (QED) is 0.294. The molecule has 6 nitrogen and oxygen atoms in total. The summed E-state index contributed by atoms with van der Waals surface area (Å²) >= 11 is 5.71. The van der Waals surface area contributed by atoms with E-state index in [1.54, 1.807) is 18.3 Å². The fraction of sp³-hybridized carbons (Fsp3) is 0.200. The number of anilines is 1. The number of halogens is 2. The fourth-order valence-electron chi connectivity index (χ4n) is 2.73. The highest BCUT2D eigenvalue weighted by Crippen LogP contribution is 2.29. The maximum atomic E-state index is 13.6. The Kier molecular flexibility index (Phi) is 4.31. The van der Waals surface area contributed by atoms with Gasteiger partial charge in [-0.3, -0.25) is 4.98 Å². The van der Waals surface area contributed by atoms with Gasteiger partial charge in [0.15, 0.2) is 5.84 Å². The SMILES string of the molecule is NN/N=C(\N)c1ccnc2c1NC(Cc1ccc(Cl)c(F)c1)C2. The number of nitrogens with zero attached hydrogens (tertiary/aromatic N) is 2. The van der Waals surface area contributed by atoms with E-state index in [1.807, 2.05) is 6.07 Å². The third-order valence-electron chi connectivity index (χ3n) is 3.74. The lowest BCUT2D eigenvalue weighted by atomic mass is 10.0. The van der Waals surface area contributed by atoms with Gasteiger partial charge < -0.3 is 11.1 Å². The number of hydrazine groups is 1. The first-order valence-corrected chi connectivity index (χ1v) is 7.43. The monoisotopic (exact) mass is 334 g/mol. The Morgan fingerprint density at radius 2 is 2.30 bits per heavy atom. The molecule has 23 heavy (non-hydrogen) atoms. The van der Waals surface area contributed by atoms with Gasteiger partial charge in [-0.15, -0.1) is 5.10 Å². The van der Waals surface area contributed by atoms with Crippen LogP contribution in [0.3, 0.4) is 0 Å². The van der Waals surface area contributed by atoms with E-state index < -0.39 is 5.82 Å². The highest BCUT2D eigenvalue weighted by Gasteiger charge is 2.25. The van der Waals surface area contributed by atoms with Crippen LogP contribution < -0.4 is 22.4 Å². The first-order chi connectivity index (χ1) is 11.1. The zero-order chi connectivity index (χ0) is 16.4. The van der Waals surface area contributed by atoms with Crippen molar-refractivity contribution in [2.24, 2.45) is 16.7 Å². The number of benzene rings is 1. The number of nitrogens with two attached hydrogens (primary N) is 2. The van der Waals surface area contributed by atoms with Gasteiger partial charge in [0.05, 0.1) is 16.4 Å². The first-order valence-electron chi connectivity index (χ1n) is 7.06. The highest BCUT2D eigenvalue weighted by molar-refractivity contribution is 6.30. The van der Waals surface area contributed by atoms with E-state index in [9.17, 15) is 4.39 Å². The molecule has 0 amide bonds. The van der Waals surface area contributed by atoms with Crippen molar-refractivity contribution in [3.05, 3.63) is 58.1 Å². The number of hydrogen-bond donors (Lipinski definition) is 4. The van der Waals surface area contributed by atoms with E-state index in [0.29, 0.717) is 6.42 Å². The second-order valence-corrected chi connectivity index (χ2v) is 5.71. The highest BCUT2D eigenvalue weighted by atomic mass is 35.5. The van der Waals surface area contributed by atoms with Crippen molar-refractivity contribution in [3.8, 4) is 0 Å². The van der Waals surface area contributed by atoms with Gasteiger partial charge in [-0.1, -0.05) is 17.7 Å². The van der Waals surface area contributed by atoms with Gasteiger partial charge >= 0.3 is 0 Å². The third kappa shape index (κ3) is 3.20. The Labute approximate surface area is 137 Å². The van der Waals surface area contributed by atoms with E-state index in [2.05, 4.69) is 20.9 Å². The van der Waals surface area contributed by atoms with Gasteiger partial charge in [-0.25, -0.2) is 15.8 Å². The third-order valence-corrected chi connectivity index (χ3v) is 4.05. The van der Waals surface area contributed by atoms with Gasteiger partial charge in [0.2, 0.25) is 0 Å². The Bertz CT molecular complexity index is 764. The molecule has 0 radical (unpaired) electrons. The number of hydrogen-bond acceptors (Lipinski definition) is 5. The molecule has 3 rings (SSSR count). The predicted molar refractivity (Wildman–Crippen MR) is 88.5 cm³/mol. The topological polar surface area (TPSA) is 101 Å². The lowest BCUT2D eigenvalue weighted by Crippen LogP contribution is -2.24. The summed E-state index contributed by atoms with van der Waals surface area (Å²) in [7, 11) is 0. The molecule has 6 N–H and O–H groups in total. The van der Waals surface area contributed by atoms with Gasteiger partial charge in [0.25, 0.3) is 0 Å². The van der Waals surface area contributed by atoms with E-state index in [-0.39, 0.29) is 16.9 Å². The smallest absolute Gasteiger partial charge is 0.154 e. The summed E-state index contributed by atoms with van der Waals surface area (Å²) in [6, 6.07) is 6.70. The summed E-state index contributed by atoms with van der Waals surface area (Å²) in [5, 5.41) is 7.29. The molecule has 8 heteroatoms. The Balaban J connectivity index is 1.80. The molecule has 1 aliphatic rings. The number of fused-ring (bicyclic) bond motifs is 1. The maximum Gasteiger partial charge on any atom is 0.154 e. The summed E-state index contributed by atoms with van der Waals surface area (Å²) in [4.78, 5) is 4.37. The molecule has 0 spiro atoms. The van der Waals surface area contributed by atoms with E-state index in [1.165, 1.54) is 6.07 Å². The van der Waals surface area contributed by atoms with Crippen molar-refractivity contribution in [2.75, 3.05) is 5.32 Å². The molecule has 2 heterocycles. The molecule has 0 bridgehead atoms. The minimum atomic E-state index is -0.413. The van der Waals surface area contributed by atoms with Crippen LogP contribution in [-0.4, -0.2) is 16.9 Å². The molecule has 1 atom stereocenters. The van der Waals surface area contributed by atoms with Crippen molar-refractivity contribution < 1.29 is 4.39 Å². The van der Waals surface area contributed by atoms with Crippen molar-refractivity contribution in [2.45, 2.75) is 18.9 Å². The second kappa shape index (κ2) is 6.39. The van der Waals surface area contributed by atoms with E-state index in [4.69, 9.17) is 23.2 Å². The maximum absolute atomic E-state index is 13.6. The fourth-order valence-corrected chi connectivity index (χ4v) is 2.84. The van der Waals surface area contributed by atoms with Crippen LogP contribution >= 0.6 is 11.6 Å². The summed E-state index contributed by atoms with van der Waals surface area (Å²) in [6.07, 6.45) is 3.05. The number of aromatic nitrogens is 1. The van der Waals surface area contributed by atoms with Gasteiger partial charge in [-0.05, 0) is 30.2 Å². The summed E-state index contributed by atoms with van der Waals surface area (Å²) < 4.78 is 13.6. The van der Waals surface area contributed by atoms with Crippen LogP contribution in [0.2, 0.25) is 5.02 Å². The van der Waals surface area contributed by atoms with Crippen LogP contribution in [-0.2, 0) is 12.8 Å². The minimum Gasteiger partial charge on any atom is -0.382 e. The van der Waals surface area contributed by atoms with Crippen LogP contribution in [0.5, 0.6) is 0 Å². The van der Waals surface area contributed by atoms with Crippen LogP contribution in [0, 0.1) is 5.82 Å². The lowest BCUT2D eigenvalue weighted by Gasteiger charge is -2.13. The Hall–Kier alpha value is -2.38. The normalized spacial score (nSPS) is 16.8. The minimum absolute atomic E-state index is 0.0952. The summed E-state index contributed by atoms with van der Waals surface area (Å²) in [5.74, 6) is 5.03. The number of amidine groups is 1. The van der Waals surface area contributed by atoms with Crippen LogP contribution in [0.1, 0.15) is 16.8 Å². The molecule has 1 aromatic heterocycles. The molecule has 0 aliphatic carbocycles. The molecule has 1 unspecified atom stereocenters. The van der Waals surface area contributed by atoms with E-state index >= 15 is 0 Å². The number of hydrazone groups is 1. The molecular weight excluding hydrogens is 319 g/mol. The molecule has 2 aromatic rings. The van der Waals surface area contributed by atoms with Crippen LogP contribution in [0.4, 0.5) is 10.1 Å². The second-order valence-electron chi connectivity index (χ2n) is 5.30. The number of nitrogens with one attached hydrogen (secondary N) is 2. The zero-order valence-electron chi connectivity index (χ0n) is 12.2. The van der Waals surface area contributed by atoms with Gasteiger partial charge in [0.1, 0.15) is 5.82 Å². The predicted octanol–water partition coefficient (Wildman–Crippen LogP) is 1.54. The molecule has 120 valence electrons. The van der Waals surface area contributed by atoms with Crippen LogP contribution in [0.15, 0.2) is 35.6 Å². The standard InChI is InChI=1S/C15H16ClFN6/c16-11-2-1-8(6-12(11)17)5-9-7-13-14(21-9)10(3-4-20-13)15(18)22-23-19/h1-4,6,9,21,23H,5,7,19H2,(H2,18,22). The van der Waals surface area contributed by atoms with Crippen molar-refractivity contribution in [3.63, 3.8) is 0 Å². The molecule has 0 saturated heterocycles. The average molecular weight is 335 g/mol. The van der Waals surface area contributed by atoms with Crippen molar-refractivity contribution in [1.82, 2.24) is 10.5 Å². The molecule has 1 aromatic carbocycles. The molecule has 0 fully saturated rings. The summed E-state index contributed by atoms with van der Waals surface area (Å²) in [6.45, 7) is 0. The van der Waals surface area contributed by atoms with Gasteiger partial charge in [-0.2, -0.15) is 0 Å². The first kappa shape index (κ1) is 15.5. The van der Waals surface area contributed by atoms with Crippen molar-refractivity contribution in [1.29, 1.82) is 0 Å². The van der Waals surface area contributed by atoms with Crippen LogP contribution in [0.25, 0.3) is 0 Å². The molecule has 1 aliphatic heterocycles. The molecular formula is C15H16ClFN6. The largest absolute Gasteiger partial charge is 0.382 e. The average Bonchev–Trinajstić information content (AvgIpc) is 2.93. The lowest BCUT2D eigenvalue weighted by molar-refractivity contribution is 0.623. The Morgan fingerprint density at radius 1 is 1.48 bits per heavy atom.